The highest BCUT2D eigenvalue weighted by Gasteiger charge is 2.30. The molecule has 0 radical (unpaired) electrons. The lowest BCUT2D eigenvalue weighted by Gasteiger charge is -2.14. The van der Waals surface area contributed by atoms with Gasteiger partial charge in [0, 0.05) is 25.3 Å². The standard InChI is InChI=1S/C21H23N5O4S/c1-26-21(28)18-15(10-17(23-19(18)25-26)24-20(27)12-5-6-12)22-14-8-7-13(11-3-4-11)9-16(14)31(2,29)30/h7-12H,3-6H2,1-2H3,(H3,22,23,24,25,27). The van der Waals surface area contributed by atoms with E-state index >= 15 is 0 Å². The lowest BCUT2D eigenvalue weighted by atomic mass is 10.1. The quantitative estimate of drug-likeness (QED) is 0.540. The Morgan fingerprint density at radius 2 is 1.90 bits per heavy atom. The molecule has 0 aliphatic heterocycles. The molecule has 2 aromatic heterocycles. The first-order valence-corrected chi connectivity index (χ1v) is 12.1. The van der Waals surface area contributed by atoms with Crippen molar-refractivity contribution >= 4 is 44.0 Å². The van der Waals surface area contributed by atoms with Crippen LogP contribution in [-0.4, -0.2) is 35.3 Å². The third kappa shape index (κ3) is 3.83. The summed E-state index contributed by atoms with van der Waals surface area (Å²) in [7, 11) is -1.94. The maximum absolute atomic E-state index is 12.7. The van der Waals surface area contributed by atoms with Crippen molar-refractivity contribution in [1.82, 2.24) is 14.8 Å². The van der Waals surface area contributed by atoms with Crippen LogP contribution in [0.25, 0.3) is 11.0 Å². The molecule has 162 valence electrons. The van der Waals surface area contributed by atoms with Crippen LogP contribution in [0.15, 0.2) is 34.0 Å². The van der Waals surface area contributed by atoms with Crippen LogP contribution in [0.3, 0.4) is 0 Å². The summed E-state index contributed by atoms with van der Waals surface area (Å²) in [4.78, 5) is 29.4. The fourth-order valence-corrected chi connectivity index (χ4v) is 4.59. The molecule has 1 amide bonds. The average molecular weight is 442 g/mol. The monoisotopic (exact) mass is 441 g/mol. The Morgan fingerprint density at radius 1 is 1.16 bits per heavy atom. The van der Waals surface area contributed by atoms with Gasteiger partial charge in [0.1, 0.15) is 11.2 Å². The largest absolute Gasteiger partial charge is 0.354 e. The van der Waals surface area contributed by atoms with Gasteiger partial charge >= 0.3 is 0 Å². The number of aromatic amines is 1. The summed E-state index contributed by atoms with van der Waals surface area (Å²) in [6, 6.07) is 6.92. The molecule has 9 nitrogen and oxygen atoms in total. The van der Waals surface area contributed by atoms with Crippen LogP contribution in [0.4, 0.5) is 17.2 Å². The second-order valence-corrected chi connectivity index (χ2v) is 10.4. The summed E-state index contributed by atoms with van der Waals surface area (Å²) >= 11 is 0. The van der Waals surface area contributed by atoms with Gasteiger partial charge in [0.15, 0.2) is 15.5 Å². The molecule has 2 fully saturated rings. The zero-order valence-electron chi connectivity index (χ0n) is 17.2. The summed E-state index contributed by atoms with van der Waals surface area (Å²) < 4.78 is 26.3. The van der Waals surface area contributed by atoms with Gasteiger partial charge in [-0.1, -0.05) is 6.07 Å². The molecule has 5 rings (SSSR count). The molecular weight excluding hydrogens is 418 g/mol. The highest BCUT2D eigenvalue weighted by atomic mass is 32.2. The van der Waals surface area contributed by atoms with Crippen LogP contribution in [0.5, 0.6) is 0 Å². The van der Waals surface area contributed by atoms with E-state index in [0.717, 1.165) is 31.2 Å². The minimum Gasteiger partial charge on any atom is -0.354 e. The molecule has 1 aromatic carbocycles. The van der Waals surface area contributed by atoms with Crippen LogP contribution in [-0.2, 0) is 21.7 Å². The fraction of sp³-hybridized carbons (Fsp3) is 0.381. The number of nitrogens with zero attached hydrogens (tertiary/aromatic N) is 2. The molecule has 2 heterocycles. The number of carbonyl (C=O) groups excluding carboxylic acids is 1. The van der Waals surface area contributed by atoms with Crippen molar-refractivity contribution < 1.29 is 13.2 Å². The van der Waals surface area contributed by atoms with Crippen LogP contribution < -0.4 is 16.2 Å². The van der Waals surface area contributed by atoms with Gasteiger partial charge in [0.25, 0.3) is 5.56 Å². The second-order valence-electron chi connectivity index (χ2n) is 8.45. The zero-order chi connectivity index (χ0) is 21.9. The topological polar surface area (TPSA) is 126 Å². The molecule has 3 aromatic rings. The Kier molecular flexibility index (Phi) is 4.44. The smallest absolute Gasteiger partial charge is 0.277 e. The van der Waals surface area contributed by atoms with Gasteiger partial charge in [0.2, 0.25) is 5.91 Å². The second kappa shape index (κ2) is 6.94. The molecular formula is C21H23N5O4S. The Hall–Kier alpha value is -3.14. The molecule has 2 aliphatic rings. The molecule has 0 saturated heterocycles. The number of amides is 1. The van der Waals surface area contributed by atoms with Crippen molar-refractivity contribution in [3.8, 4) is 0 Å². The number of nitrogens with one attached hydrogen (secondary N) is 3. The predicted octanol–water partition coefficient (Wildman–Crippen LogP) is 2.63. The van der Waals surface area contributed by atoms with Crippen LogP contribution in [0.1, 0.15) is 37.2 Å². The number of hydrogen-bond donors (Lipinski definition) is 3. The molecule has 0 spiro atoms. The van der Waals surface area contributed by atoms with Crippen LogP contribution >= 0.6 is 0 Å². The number of rotatable bonds is 6. The Balaban J connectivity index is 1.61. The van der Waals surface area contributed by atoms with E-state index in [1.807, 2.05) is 6.07 Å². The van der Waals surface area contributed by atoms with E-state index in [2.05, 4.69) is 20.7 Å². The number of pyridine rings is 1. The Bertz CT molecular complexity index is 1380. The van der Waals surface area contributed by atoms with E-state index < -0.39 is 9.84 Å². The molecule has 31 heavy (non-hydrogen) atoms. The van der Waals surface area contributed by atoms with Gasteiger partial charge in [0.05, 0.1) is 16.3 Å². The number of fused-ring (bicyclic) bond motifs is 1. The summed E-state index contributed by atoms with van der Waals surface area (Å²) in [5, 5.41) is 9.07. The van der Waals surface area contributed by atoms with Gasteiger partial charge in [-0.3, -0.25) is 19.4 Å². The van der Waals surface area contributed by atoms with E-state index in [-0.39, 0.29) is 27.7 Å². The maximum Gasteiger partial charge on any atom is 0.277 e. The number of anilines is 3. The minimum absolute atomic E-state index is 0.00414. The summed E-state index contributed by atoms with van der Waals surface area (Å²) in [5.41, 5.74) is 1.75. The van der Waals surface area contributed by atoms with Crippen molar-refractivity contribution in [2.24, 2.45) is 13.0 Å². The van der Waals surface area contributed by atoms with Gasteiger partial charge in [-0.25, -0.2) is 13.4 Å². The molecule has 3 N–H and O–H groups in total. The van der Waals surface area contributed by atoms with E-state index in [1.165, 1.54) is 10.9 Å². The molecule has 0 unspecified atom stereocenters. The first-order chi connectivity index (χ1) is 14.7. The normalized spacial score (nSPS) is 16.5. The molecule has 0 atom stereocenters. The SMILES string of the molecule is Cn1[nH]c2nc(NC(=O)C3CC3)cc(Nc3ccc(C4CC4)cc3S(C)(=O)=O)c2c1=O. The molecule has 2 saturated carbocycles. The fourth-order valence-electron chi connectivity index (χ4n) is 3.72. The number of carbonyl (C=O) groups is 1. The summed E-state index contributed by atoms with van der Waals surface area (Å²) in [5.74, 6) is 0.588. The number of H-pyrrole nitrogens is 1. The van der Waals surface area contributed by atoms with Crippen molar-refractivity contribution in [3.63, 3.8) is 0 Å². The zero-order valence-corrected chi connectivity index (χ0v) is 18.0. The van der Waals surface area contributed by atoms with Crippen molar-refractivity contribution in [3.05, 3.63) is 40.2 Å². The highest BCUT2D eigenvalue weighted by molar-refractivity contribution is 7.90. The molecule has 10 heteroatoms. The molecule has 0 bridgehead atoms. The third-order valence-electron chi connectivity index (χ3n) is 5.73. The van der Waals surface area contributed by atoms with Crippen LogP contribution in [0, 0.1) is 5.92 Å². The first kappa shape index (κ1) is 19.8. The van der Waals surface area contributed by atoms with E-state index in [4.69, 9.17) is 0 Å². The number of benzene rings is 1. The average Bonchev–Trinajstić information content (AvgIpc) is 3.60. The van der Waals surface area contributed by atoms with E-state index in [9.17, 15) is 18.0 Å². The number of aromatic nitrogens is 3. The van der Waals surface area contributed by atoms with E-state index in [1.54, 1.807) is 25.2 Å². The Morgan fingerprint density at radius 3 is 2.55 bits per heavy atom. The van der Waals surface area contributed by atoms with Gasteiger partial charge in [-0.2, -0.15) is 0 Å². The minimum atomic E-state index is -3.51. The van der Waals surface area contributed by atoms with Crippen molar-refractivity contribution in [1.29, 1.82) is 0 Å². The predicted molar refractivity (Wildman–Crippen MR) is 117 cm³/mol. The van der Waals surface area contributed by atoms with E-state index in [0.29, 0.717) is 28.8 Å². The van der Waals surface area contributed by atoms with Gasteiger partial charge in [-0.15, -0.1) is 0 Å². The van der Waals surface area contributed by atoms with Gasteiger partial charge < -0.3 is 10.6 Å². The van der Waals surface area contributed by atoms with Crippen molar-refractivity contribution in [2.75, 3.05) is 16.9 Å². The lowest BCUT2D eigenvalue weighted by molar-refractivity contribution is -0.117. The lowest BCUT2D eigenvalue weighted by Crippen LogP contribution is -2.15. The summed E-state index contributed by atoms with van der Waals surface area (Å²) in [6.07, 6.45) is 5.00. The number of hydrogen-bond acceptors (Lipinski definition) is 6. The number of sulfone groups is 1. The van der Waals surface area contributed by atoms with Crippen molar-refractivity contribution in [2.45, 2.75) is 36.5 Å². The summed E-state index contributed by atoms with van der Waals surface area (Å²) in [6.45, 7) is 0. The number of aryl methyl sites for hydroxylation is 1. The van der Waals surface area contributed by atoms with Crippen LogP contribution in [0.2, 0.25) is 0 Å². The first-order valence-electron chi connectivity index (χ1n) is 10.2. The maximum atomic E-state index is 12.7. The Labute approximate surface area is 178 Å². The molecule has 2 aliphatic carbocycles. The third-order valence-corrected chi connectivity index (χ3v) is 6.87. The van der Waals surface area contributed by atoms with Gasteiger partial charge in [-0.05, 0) is 49.3 Å². The highest BCUT2D eigenvalue weighted by Crippen LogP contribution is 2.42.